The van der Waals surface area contributed by atoms with Crippen LogP contribution < -0.4 is 10.0 Å². The van der Waals surface area contributed by atoms with E-state index in [9.17, 15) is 13.2 Å². The summed E-state index contributed by atoms with van der Waals surface area (Å²) in [5, 5.41) is 2.79. The van der Waals surface area contributed by atoms with E-state index in [0.717, 1.165) is 25.7 Å². The highest BCUT2D eigenvalue weighted by molar-refractivity contribution is 7.89. The summed E-state index contributed by atoms with van der Waals surface area (Å²) in [6.07, 6.45) is 3.69. The standard InChI is InChI=1S/C15H20N2O4S/c18-15(11-3-4-11)17-12-5-7-14(8-6-12)22(19,20)16-10-13-2-1-9-21-13/h5-8,11,13,16H,1-4,9-10H2,(H,17,18)/t13-/m1/s1. The van der Waals surface area contributed by atoms with Crippen molar-refractivity contribution in [2.24, 2.45) is 5.92 Å². The summed E-state index contributed by atoms with van der Waals surface area (Å²) in [5.41, 5.74) is 0.620. The van der Waals surface area contributed by atoms with Crippen LogP contribution in [0, 0.1) is 5.92 Å². The van der Waals surface area contributed by atoms with Crippen molar-refractivity contribution < 1.29 is 17.9 Å². The number of sulfonamides is 1. The first kappa shape index (κ1) is 15.5. The van der Waals surface area contributed by atoms with Crippen LogP contribution >= 0.6 is 0 Å². The molecule has 0 radical (unpaired) electrons. The third kappa shape index (κ3) is 3.85. The molecule has 2 fully saturated rings. The molecular weight excluding hydrogens is 304 g/mol. The monoisotopic (exact) mass is 324 g/mol. The molecule has 0 aromatic heterocycles. The lowest BCUT2D eigenvalue weighted by atomic mass is 10.2. The Bertz CT molecular complexity index is 632. The Kier molecular flexibility index (Phi) is 4.46. The summed E-state index contributed by atoms with van der Waals surface area (Å²) in [6.45, 7) is 0.990. The lowest BCUT2D eigenvalue weighted by Gasteiger charge is -2.12. The van der Waals surface area contributed by atoms with Crippen molar-refractivity contribution in [3.63, 3.8) is 0 Å². The zero-order chi connectivity index (χ0) is 15.6. The van der Waals surface area contributed by atoms with Gasteiger partial charge in [0, 0.05) is 24.8 Å². The van der Waals surface area contributed by atoms with Crippen LogP contribution in [0.15, 0.2) is 29.2 Å². The Hall–Kier alpha value is -1.44. The van der Waals surface area contributed by atoms with Crippen molar-refractivity contribution in [2.75, 3.05) is 18.5 Å². The number of anilines is 1. The van der Waals surface area contributed by atoms with Crippen LogP contribution in [0.25, 0.3) is 0 Å². The van der Waals surface area contributed by atoms with Crippen molar-refractivity contribution in [2.45, 2.75) is 36.7 Å². The highest BCUT2D eigenvalue weighted by Crippen LogP contribution is 2.30. The van der Waals surface area contributed by atoms with Crippen molar-refractivity contribution in [3.8, 4) is 0 Å². The molecule has 0 unspecified atom stereocenters. The second-order valence-electron chi connectivity index (χ2n) is 5.77. The van der Waals surface area contributed by atoms with Gasteiger partial charge in [-0.15, -0.1) is 0 Å². The Labute approximate surface area is 130 Å². The van der Waals surface area contributed by atoms with Crippen molar-refractivity contribution in [1.82, 2.24) is 4.72 Å². The maximum atomic E-state index is 12.2. The highest BCUT2D eigenvalue weighted by atomic mass is 32.2. The van der Waals surface area contributed by atoms with E-state index < -0.39 is 10.0 Å². The molecule has 7 heteroatoms. The van der Waals surface area contributed by atoms with Crippen LogP contribution in [0.2, 0.25) is 0 Å². The summed E-state index contributed by atoms with van der Waals surface area (Å²) < 4.78 is 32.3. The van der Waals surface area contributed by atoms with Gasteiger partial charge in [-0.3, -0.25) is 4.79 Å². The number of nitrogens with one attached hydrogen (secondary N) is 2. The molecule has 1 saturated carbocycles. The van der Waals surface area contributed by atoms with Crippen molar-refractivity contribution >= 4 is 21.6 Å². The van der Waals surface area contributed by atoms with Gasteiger partial charge in [-0.2, -0.15) is 0 Å². The maximum absolute atomic E-state index is 12.2. The lowest BCUT2D eigenvalue weighted by molar-refractivity contribution is -0.117. The van der Waals surface area contributed by atoms with E-state index in [0.29, 0.717) is 18.8 Å². The molecule has 3 rings (SSSR count). The number of carbonyl (C=O) groups is 1. The number of hydrogen-bond acceptors (Lipinski definition) is 4. The third-order valence-electron chi connectivity index (χ3n) is 3.91. The molecular formula is C15H20N2O4S. The summed E-state index contributed by atoms with van der Waals surface area (Å²) in [6, 6.07) is 6.22. The highest BCUT2D eigenvalue weighted by Gasteiger charge is 2.29. The molecule has 1 atom stereocenters. The fraction of sp³-hybridized carbons (Fsp3) is 0.533. The molecule has 0 spiro atoms. The van der Waals surface area contributed by atoms with Gasteiger partial charge in [-0.25, -0.2) is 13.1 Å². The summed E-state index contributed by atoms with van der Waals surface area (Å²) in [4.78, 5) is 11.8. The zero-order valence-corrected chi connectivity index (χ0v) is 13.1. The van der Waals surface area contributed by atoms with E-state index in [4.69, 9.17) is 4.74 Å². The fourth-order valence-corrected chi connectivity index (χ4v) is 3.46. The largest absolute Gasteiger partial charge is 0.377 e. The van der Waals surface area contributed by atoms with Crippen LogP contribution in [0.4, 0.5) is 5.69 Å². The predicted octanol–water partition coefficient (Wildman–Crippen LogP) is 1.49. The molecule has 1 aliphatic heterocycles. The van der Waals surface area contributed by atoms with Crippen molar-refractivity contribution in [3.05, 3.63) is 24.3 Å². The summed E-state index contributed by atoms with van der Waals surface area (Å²) >= 11 is 0. The second kappa shape index (κ2) is 6.36. The van der Waals surface area contributed by atoms with Crippen LogP contribution in [-0.2, 0) is 19.6 Å². The number of hydrogen-bond donors (Lipinski definition) is 2. The molecule has 1 amide bonds. The van der Waals surface area contributed by atoms with E-state index in [1.807, 2.05) is 0 Å². The predicted molar refractivity (Wildman–Crippen MR) is 82.0 cm³/mol. The lowest BCUT2D eigenvalue weighted by Crippen LogP contribution is -2.31. The van der Waals surface area contributed by atoms with E-state index >= 15 is 0 Å². The first-order valence-corrected chi connectivity index (χ1v) is 9.05. The zero-order valence-electron chi connectivity index (χ0n) is 12.2. The van der Waals surface area contributed by atoms with Gasteiger partial charge in [0.2, 0.25) is 15.9 Å². The first-order chi connectivity index (χ1) is 10.5. The molecule has 0 bridgehead atoms. The minimum atomic E-state index is -3.54. The normalized spacial score (nSPS) is 21.7. The molecule has 1 heterocycles. The van der Waals surface area contributed by atoms with Crippen LogP contribution in [0.1, 0.15) is 25.7 Å². The average Bonchev–Trinajstić information content (AvgIpc) is 3.23. The Balaban J connectivity index is 1.59. The van der Waals surface area contributed by atoms with E-state index in [1.165, 1.54) is 12.1 Å². The SMILES string of the molecule is O=C(Nc1ccc(S(=O)(=O)NC[C@H]2CCCO2)cc1)C1CC1. The van der Waals surface area contributed by atoms with E-state index in [1.54, 1.807) is 12.1 Å². The molecule has 1 saturated heterocycles. The second-order valence-corrected chi connectivity index (χ2v) is 7.54. The summed E-state index contributed by atoms with van der Waals surface area (Å²) in [5.74, 6) is 0.128. The third-order valence-corrected chi connectivity index (χ3v) is 5.34. The number of carbonyl (C=O) groups excluding carboxylic acids is 1. The van der Waals surface area contributed by atoms with Gasteiger partial charge in [0.15, 0.2) is 0 Å². The number of benzene rings is 1. The minimum absolute atomic E-state index is 0.00659. The van der Waals surface area contributed by atoms with E-state index in [-0.39, 0.29) is 22.8 Å². The number of ether oxygens (including phenoxy) is 1. The molecule has 2 aliphatic rings. The van der Waals surface area contributed by atoms with Crippen LogP contribution in [-0.4, -0.2) is 33.6 Å². The quantitative estimate of drug-likeness (QED) is 0.830. The van der Waals surface area contributed by atoms with Crippen molar-refractivity contribution in [1.29, 1.82) is 0 Å². The Morgan fingerprint density at radius 3 is 2.50 bits per heavy atom. The molecule has 2 N–H and O–H groups in total. The maximum Gasteiger partial charge on any atom is 0.240 e. The molecule has 1 aliphatic carbocycles. The van der Waals surface area contributed by atoms with E-state index in [2.05, 4.69) is 10.0 Å². The fourth-order valence-electron chi connectivity index (χ4n) is 2.40. The molecule has 120 valence electrons. The Morgan fingerprint density at radius 2 is 1.91 bits per heavy atom. The topological polar surface area (TPSA) is 84.5 Å². The minimum Gasteiger partial charge on any atom is -0.377 e. The molecule has 1 aromatic rings. The molecule has 1 aromatic carbocycles. The van der Waals surface area contributed by atoms with Gasteiger partial charge >= 0.3 is 0 Å². The van der Waals surface area contributed by atoms with Crippen LogP contribution in [0.3, 0.4) is 0 Å². The number of amides is 1. The number of rotatable bonds is 6. The van der Waals surface area contributed by atoms with Gasteiger partial charge in [0.05, 0.1) is 11.0 Å². The molecule has 6 nitrogen and oxygen atoms in total. The van der Waals surface area contributed by atoms with Gasteiger partial charge in [-0.1, -0.05) is 0 Å². The molecule has 22 heavy (non-hydrogen) atoms. The average molecular weight is 324 g/mol. The smallest absolute Gasteiger partial charge is 0.240 e. The van der Waals surface area contributed by atoms with Gasteiger partial charge in [0.1, 0.15) is 0 Å². The van der Waals surface area contributed by atoms with Gasteiger partial charge in [0.25, 0.3) is 0 Å². The summed E-state index contributed by atoms with van der Waals surface area (Å²) in [7, 11) is -3.54. The van der Waals surface area contributed by atoms with Gasteiger partial charge < -0.3 is 10.1 Å². The van der Waals surface area contributed by atoms with Gasteiger partial charge in [-0.05, 0) is 49.9 Å². The van der Waals surface area contributed by atoms with Crippen LogP contribution in [0.5, 0.6) is 0 Å². The Morgan fingerprint density at radius 1 is 1.18 bits per heavy atom. The first-order valence-electron chi connectivity index (χ1n) is 7.57.